The maximum absolute atomic E-state index is 13.3. The number of benzene rings is 3. The lowest BCUT2D eigenvalue weighted by Crippen LogP contribution is -2.46. The van der Waals surface area contributed by atoms with Crippen molar-refractivity contribution in [1.29, 1.82) is 0 Å². The van der Waals surface area contributed by atoms with Crippen LogP contribution < -0.4 is 10.6 Å². The number of hydrogen-bond donors (Lipinski definition) is 2. The predicted molar refractivity (Wildman–Crippen MR) is 124 cm³/mol. The molecule has 0 radical (unpaired) electrons. The minimum absolute atomic E-state index is 0.0852. The van der Waals surface area contributed by atoms with Gasteiger partial charge in [0, 0.05) is 17.8 Å². The number of carbonyl (C=O) groups is 3. The first-order valence-electron chi connectivity index (χ1n) is 10.9. The second kappa shape index (κ2) is 10.2. The van der Waals surface area contributed by atoms with E-state index in [1.165, 1.54) is 17.0 Å². The van der Waals surface area contributed by atoms with E-state index in [2.05, 4.69) is 10.6 Å². The SMILES string of the molecule is CCNC(=O)[C@H]1[C@H](c2cccc(NC(=O)c3ccccc3)c2)OC(=O)N1Cc1ccc(F)cc1. The molecular formula is C26H24FN3O4. The number of halogens is 1. The second-order valence-electron chi connectivity index (χ2n) is 7.84. The second-order valence-corrected chi connectivity index (χ2v) is 7.84. The number of anilines is 1. The van der Waals surface area contributed by atoms with Crippen LogP contribution >= 0.6 is 0 Å². The third-order valence-electron chi connectivity index (χ3n) is 5.48. The summed E-state index contributed by atoms with van der Waals surface area (Å²) >= 11 is 0. The molecule has 8 heteroatoms. The van der Waals surface area contributed by atoms with E-state index in [0.717, 1.165) is 0 Å². The number of likely N-dealkylation sites (N-methyl/N-ethyl adjacent to an activating group) is 1. The average molecular weight is 461 g/mol. The third kappa shape index (κ3) is 5.06. The van der Waals surface area contributed by atoms with Gasteiger partial charge in [-0.2, -0.15) is 0 Å². The van der Waals surface area contributed by atoms with E-state index in [9.17, 15) is 18.8 Å². The number of nitrogens with one attached hydrogen (secondary N) is 2. The van der Waals surface area contributed by atoms with Crippen LogP contribution in [0.3, 0.4) is 0 Å². The van der Waals surface area contributed by atoms with Gasteiger partial charge in [0.15, 0.2) is 12.1 Å². The minimum atomic E-state index is -0.933. The Labute approximate surface area is 196 Å². The van der Waals surface area contributed by atoms with E-state index < -0.39 is 18.2 Å². The summed E-state index contributed by atoms with van der Waals surface area (Å²) in [5.41, 5.74) is 2.24. The van der Waals surface area contributed by atoms with Gasteiger partial charge in [0.2, 0.25) is 5.91 Å². The lowest BCUT2D eigenvalue weighted by atomic mass is 10.00. The van der Waals surface area contributed by atoms with Gasteiger partial charge < -0.3 is 15.4 Å². The average Bonchev–Trinajstić information content (AvgIpc) is 3.17. The summed E-state index contributed by atoms with van der Waals surface area (Å²) in [5.74, 6) is -1.03. The Morgan fingerprint density at radius 1 is 1.00 bits per heavy atom. The predicted octanol–water partition coefficient (Wildman–Crippen LogP) is 4.28. The first-order chi connectivity index (χ1) is 16.5. The highest BCUT2D eigenvalue weighted by atomic mass is 19.1. The monoisotopic (exact) mass is 461 g/mol. The van der Waals surface area contributed by atoms with Gasteiger partial charge >= 0.3 is 6.09 Å². The number of carbonyl (C=O) groups excluding carboxylic acids is 3. The molecule has 0 saturated carbocycles. The van der Waals surface area contributed by atoms with E-state index >= 15 is 0 Å². The van der Waals surface area contributed by atoms with E-state index in [1.807, 2.05) is 6.07 Å². The Hall–Kier alpha value is -4.20. The van der Waals surface area contributed by atoms with Gasteiger partial charge in [-0.25, -0.2) is 9.18 Å². The molecule has 1 aliphatic rings. The first-order valence-corrected chi connectivity index (χ1v) is 10.9. The van der Waals surface area contributed by atoms with Gasteiger partial charge in [-0.1, -0.05) is 42.5 Å². The van der Waals surface area contributed by atoms with Crippen molar-refractivity contribution in [3.8, 4) is 0 Å². The van der Waals surface area contributed by atoms with Crippen LogP contribution in [-0.4, -0.2) is 35.4 Å². The van der Waals surface area contributed by atoms with Gasteiger partial charge in [-0.3, -0.25) is 14.5 Å². The maximum atomic E-state index is 13.3. The molecule has 1 saturated heterocycles. The Morgan fingerprint density at radius 3 is 2.44 bits per heavy atom. The van der Waals surface area contributed by atoms with Crippen molar-refractivity contribution in [3.05, 3.63) is 101 Å². The highest BCUT2D eigenvalue weighted by molar-refractivity contribution is 6.04. The fourth-order valence-corrected chi connectivity index (χ4v) is 3.86. The Balaban J connectivity index is 1.59. The van der Waals surface area contributed by atoms with E-state index in [-0.39, 0.29) is 24.2 Å². The fraction of sp³-hybridized carbons (Fsp3) is 0.192. The van der Waals surface area contributed by atoms with E-state index in [4.69, 9.17) is 4.74 Å². The van der Waals surface area contributed by atoms with Crippen molar-refractivity contribution in [2.75, 3.05) is 11.9 Å². The zero-order valence-corrected chi connectivity index (χ0v) is 18.5. The molecule has 3 amide bonds. The molecule has 0 unspecified atom stereocenters. The molecule has 0 aromatic heterocycles. The maximum Gasteiger partial charge on any atom is 0.411 e. The molecule has 1 heterocycles. The first kappa shape index (κ1) is 23.0. The molecule has 0 bridgehead atoms. The van der Waals surface area contributed by atoms with Crippen molar-refractivity contribution >= 4 is 23.6 Å². The standard InChI is InChI=1S/C26H24FN3O4/c1-2-28-25(32)22-23(34-26(33)30(22)16-17-11-13-20(27)14-12-17)19-9-6-10-21(15-19)29-24(31)18-7-4-3-5-8-18/h3-15,22-23H,2,16H2,1H3,(H,28,32)(H,29,31)/t22-,23+/m1/s1. The molecule has 0 spiro atoms. The summed E-state index contributed by atoms with van der Waals surface area (Å²) < 4.78 is 18.9. The van der Waals surface area contributed by atoms with Crippen molar-refractivity contribution in [2.24, 2.45) is 0 Å². The van der Waals surface area contributed by atoms with Crippen molar-refractivity contribution < 1.29 is 23.5 Å². The summed E-state index contributed by atoms with van der Waals surface area (Å²) in [6, 6.07) is 20.4. The molecule has 0 aliphatic carbocycles. The van der Waals surface area contributed by atoms with E-state index in [1.54, 1.807) is 67.6 Å². The largest absolute Gasteiger partial charge is 0.438 e. The molecule has 34 heavy (non-hydrogen) atoms. The fourth-order valence-electron chi connectivity index (χ4n) is 3.86. The van der Waals surface area contributed by atoms with Gasteiger partial charge in [0.1, 0.15) is 5.82 Å². The van der Waals surface area contributed by atoms with Crippen molar-refractivity contribution in [3.63, 3.8) is 0 Å². The van der Waals surface area contributed by atoms with Crippen molar-refractivity contribution in [2.45, 2.75) is 25.6 Å². The highest BCUT2D eigenvalue weighted by Crippen LogP contribution is 2.35. The molecule has 2 N–H and O–H groups in total. The lowest BCUT2D eigenvalue weighted by Gasteiger charge is -2.24. The molecule has 174 valence electrons. The Morgan fingerprint density at radius 2 is 1.74 bits per heavy atom. The highest BCUT2D eigenvalue weighted by Gasteiger charge is 2.46. The quantitative estimate of drug-likeness (QED) is 0.550. The van der Waals surface area contributed by atoms with Crippen LogP contribution in [0.1, 0.15) is 34.5 Å². The summed E-state index contributed by atoms with van der Waals surface area (Å²) in [6.45, 7) is 2.25. The van der Waals surface area contributed by atoms with Crippen LogP contribution in [0.15, 0.2) is 78.9 Å². The van der Waals surface area contributed by atoms with Crippen LogP contribution in [-0.2, 0) is 16.1 Å². The molecule has 1 fully saturated rings. The van der Waals surface area contributed by atoms with Gasteiger partial charge in [-0.05, 0) is 54.4 Å². The van der Waals surface area contributed by atoms with Gasteiger partial charge in [-0.15, -0.1) is 0 Å². The van der Waals surface area contributed by atoms with Gasteiger partial charge in [0.05, 0.1) is 6.54 Å². The van der Waals surface area contributed by atoms with Crippen molar-refractivity contribution in [1.82, 2.24) is 10.2 Å². The molecule has 7 nitrogen and oxygen atoms in total. The van der Waals surface area contributed by atoms with Crippen LogP contribution in [0.5, 0.6) is 0 Å². The number of rotatable bonds is 7. The van der Waals surface area contributed by atoms with E-state index in [0.29, 0.717) is 28.9 Å². The normalized spacial score (nSPS) is 17.2. The molecule has 3 aromatic carbocycles. The molecule has 2 atom stereocenters. The van der Waals surface area contributed by atoms with Crippen LogP contribution in [0.2, 0.25) is 0 Å². The topological polar surface area (TPSA) is 87.7 Å². The molecule has 4 rings (SSSR count). The van der Waals surface area contributed by atoms with Gasteiger partial charge in [0.25, 0.3) is 5.91 Å². The third-order valence-corrected chi connectivity index (χ3v) is 5.48. The number of nitrogens with zero attached hydrogens (tertiary/aromatic N) is 1. The van der Waals surface area contributed by atoms with Crippen LogP contribution in [0.25, 0.3) is 0 Å². The summed E-state index contributed by atoms with van der Waals surface area (Å²) in [6.07, 6.45) is -1.53. The molecule has 3 aromatic rings. The summed E-state index contributed by atoms with van der Waals surface area (Å²) in [4.78, 5) is 39.6. The Bertz CT molecular complexity index is 1180. The zero-order valence-electron chi connectivity index (χ0n) is 18.5. The number of amides is 3. The van der Waals surface area contributed by atoms with Crippen LogP contribution in [0.4, 0.5) is 14.9 Å². The Kier molecular flexibility index (Phi) is 6.87. The molecule has 1 aliphatic heterocycles. The lowest BCUT2D eigenvalue weighted by molar-refractivity contribution is -0.126. The minimum Gasteiger partial charge on any atom is -0.438 e. The number of hydrogen-bond acceptors (Lipinski definition) is 4. The summed E-state index contributed by atoms with van der Waals surface area (Å²) in [7, 11) is 0. The number of ether oxygens (including phenoxy) is 1. The zero-order chi connectivity index (χ0) is 24.1. The summed E-state index contributed by atoms with van der Waals surface area (Å²) in [5, 5.41) is 5.59. The smallest absolute Gasteiger partial charge is 0.411 e. The van der Waals surface area contributed by atoms with Crippen LogP contribution in [0, 0.1) is 5.82 Å². The molecular weight excluding hydrogens is 437 g/mol. The number of cyclic esters (lactones) is 1.